The standard InChI is InChI=1S/C10H13F3N2S/c1-6(14)7(2)16-9-4-3-8(5-15-9)10(11,12)13/h3-7H,14H2,1-2H3. The van der Waals surface area contributed by atoms with Crippen molar-refractivity contribution in [2.75, 3.05) is 0 Å². The Morgan fingerprint density at radius 3 is 2.31 bits per heavy atom. The molecule has 16 heavy (non-hydrogen) atoms. The van der Waals surface area contributed by atoms with Gasteiger partial charge in [-0.1, -0.05) is 6.92 Å². The van der Waals surface area contributed by atoms with Crippen molar-refractivity contribution in [2.24, 2.45) is 5.73 Å². The lowest BCUT2D eigenvalue weighted by atomic mass is 10.3. The fraction of sp³-hybridized carbons (Fsp3) is 0.500. The maximum absolute atomic E-state index is 12.2. The van der Waals surface area contributed by atoms with E-state index in [1.54, 1.807) is 0 Å². The Balaban J connectivity index is 2.72. The topological polar surface area (TPSA) is 38.9 Å². The van der Waals surface area contributed by atoms with Crippen LogP contribution in [0, 0.1) is 0 Å². The number of pyridine rings is 1. The molecule has 0 radical (unpaired) electrons. The third kappa shape index (κ3) is 3.68. The SMILES string of the molecule is CC(N)C(C)Sc1ccc(C(F)(F)F)cn1. The Labute approximate surface area is 96.4 Å². The van der Waals surface area contributed by atoms with Gasteiger partial charge in [-0.05, 0) is 19.1 Å². The largest absolute Gasteiger partial charge is 0.417 e. The maximum atomic E-state index is 12.2. The van der Waals surface area contributed by atoms with Crippen molar-refractivity contribution in [3.63, 3.8) is 0 Å². The first kappa shape index (κ1) is 13.3. The first-order valence-corrected chi connectivity index (χ1v) is 5.64. The molecule has 90 valence electrons. The van der Waals surface area contributed by atoms with E-state index in [9.17, 15) is 13.2 Å². The molecule has 2 unspecified atom stereocenters. The van der Waals surface area contributed by atoms with Gasteiger partial charge in [0.1, 0.15) is 0 Å². The van der Waals surface area contributed by atoms with Gasteiger partial charge in [0.2, 0.25) is 0 Å². The molecule has 0 aromatic carbocycles. The van der Waals surface area contributed by atoms with Crippen molar-refractivity contribution >= 4 is 11.8 Å². The molecule has 0 saturated carbocycles. The van der Waals surface area contributed by atoms with E-state index in [0.29, 0.717) is 5.03 Å². The lowest BCUT2D eigenvalue weighted by Gasteiger charge is -2.14. The number of alkyl halides is 3. The molecule has 2 nitrogen and oxygen atoms in total. The maximum Gasteiger partial charge on any atom is 0.417 e. The van der Waals surface area contributed by atoms with E-state index in [1.807, 2.05) is 13.8 Å². The molecule has 6 heteroatoms. The van der Waals surface area contributed by atoms with Gasteiger partial charge in [0.25, 0.3) is 0 Å². The minimum atomic E-state index is -4.33. The molecule has 0 aliphatic carbocycles. The normalized spacial score (nSPS) is 15.9. The van der Waals surface area contributed by atoms with Crippen molar-refractivity contribution in [1.29, 1.82) is 0 Å². The summed E-state index contributed by atoms with van der Waals surface area (Å²) in [5, 5.41) is 0.669. The predicted molar refractivity (Wildman–Crippen MR) is 58.2 cm³/mol. The summed E-state index contributed by atoms with van der Waals surface area (Å²) in [6, 6.07) is 2.37. The van der Waals surface area contributed by atoms with E-state index < -0.39 is 11.7 Å². The fourth-order valence-corrected chi connectivity index (χ4v) is 1.77. The van der Waals surface area contributed by atoms with Gasteiger partial charge in [0.05, 0.1) is 10.6 Å². The quantitative estimate of drug-likeness (QED) is 0.838. The van der Waals surface area contributed by atoms with Gasteiger partial charge in [-0.2, -0.15) is 13.2 Å². The molecule has 2 atom stereocenters. The second kappa shape index (κ2) is 5.05. The van der Waals surface area contributed by atoms with Crippen LogP contribution in [0.3, 0.4) is 0 Å². The Morgan fingerprint density at radius 2 is 1.94 bits per heavy atom. The molecule has 0 aliphatic rings. The summed E-state index contributed by atoms with van der Waals surface area (Å²) < 4.78 is 36.7. The molecule has 0 aliphatic heterocycles. The highest BCUT2D eigenvalue weighted by Crippen LogP contribution is 2.30. The third-order valence-corrected chi connectivity index (χ3v) is 3.39. The number of hydrogen-bond acceptors (Lipinski definition) is 3. The number of aromatic nitrogens is 1. The average Bonchev–Trinajstić information content (AvgIpc) is 2.17. The molecule has 0 spiro atoms. The number of nitrogens with zero attached hydrogens (tertiary/aromatic N) is 1. The van der Waals surface area contributed by atoms with Gasteiger partial charge in [0.15, 0.2) is 0 Å². The minimum Gasteiger partial charge on any atom is -0.327 e. The van der Waals surface area contributed by atoms with Crippen LogP contribution in [0.2, 0.25) is 0 Å². The zero-order valence-corrected chi connectivity index (χ0v) is 9.77. The van der Waals surface area contributed by atoms with Crippen LogP contribution in [0.1, 0.15) is 19.4 Å². The Kier molecular flexibility index (Phi) is 4.21. The van der Waals surface area contributed by atoms with E-state index >= 15 is 0 Å². The van der Waals surface area contributed by atoms with Gasteiger partial charge in [-0.15, -0.1) is 11.8 Å². The zero-order chi connectivity index (χ0) is 12.3. The Bertz CT molecular complexity index is 335. The number of halogens is 3. The second-order valence-corrected chi connectivity index (χ2v) is 4.96. The Hall–Kier alpha value is -0.750. The molecule has 1 aromatic rings. The van der Waals surface area contributed by atoms with Gasteiger partial charge in [-0.3, -0.25) is 0 Å². The van der Waals surface area contributed by atoms with Crippen LogP contribution in [0.25, 0.3) is 0 Å². The van der Waals surface area contributed by atoms with Crippen molar-refractivity contribution in [3.05, 3.63) is 23.9 Å². The van der Waals surface area contributed by atoms with E-state index in [2.05, 4.69) is 4.98 Å². The van der Waals surface area contributed by atoms with Crippen LogP contribution < -0.4 is 5.73 Å². The number of nitrogens with two attached hydrogens (primary N) is 1. The lowest BCUT2D eigenvalue weighted by molar-refractivity contribution is -0.137. The van der Waals surface area contributed by atoms with E-state index in [1.165, 1.54) is 17.8 Å². The first-order valence-electron chi connectivity index (χ1n) is 4.76. The summed E-state index contributed by atoms with van der Waals surface area (Å²) in [5.74, 6) is 0. The molecule has 1 heterocycles. The van der Waals surface area contributed by atoms with Crippen molar-refractivity contribution in [3.8, 4) is 0 Å². The lowest BCUT2D eigenvalue weighted by Crippen LogP contribution is -2.26. The smallest absolute Gasteiger partial charge is 0.327 e. The van der Waals surface area contributed by atoms with Gasteiger partial charge in [0, 0.05) is 17.5 Å². The molecule has 1 aromatic heterocycles. The van der Waals surface area contributed by atoms with Crippen molar-refractivity contribution in [1.82, 2.24) is 4.98 Å². The third-order valence-electron chi connectivity index (χ3n) is 2.11. The monoisotopic (exact) mass is 250 g/mol. The Morgan fingerprint density at radius 1 is 1.31 bits per heavy atom. The summed E-state index contributed by atoms with van der Waals surface area (Å²) >= 11 is 1.37. The minimum absolute atomic E-state index is 0.0332. The highest BCUT2D eigenvalue weighted by atomic mass is 32.2. The number of rotatable bonds is 3. The number of hydrogen-bond donors (Lipinski definition) is 1. The van der Waals surface area contributed by atoms with Crippen molar-refractivity contribution < 1.29 is 13.2 Å². The van der Waals surface area contributed by atoms with Crippen molar-refractivity contribution in [2.45, 2.75) is 36.3 Å². The summed E-state index contributed by atoms with van der Waals surface area (Å²) in [7, 11) is 0. The molecule has 0 saturated heterocycles. The predicted octanol–water partition coefficient (Wildman–Crippen LogP) is 2.93. The van der Waals surface area contributed by atoms with Crippen LogP contribution in [0.5, 0.6) is 0 Å². The molecule has 2 N–H and O–H groups in total. The van der Waals surface area contributed by atoms with Crippen LogP contribution in [0.4, 0.5) is 13.2 Å². The molecule has 0 bridgehead atoms. The van der Waals surface area contributed by atoms with Gasteiger partial charge >= 0.3 is 6.18 Å². The number of thioether (sulfide) groups is 1. The molecule has 0 amide bonds. The van der Waals surface area contributed by atoms with Crippen LogP contribution in [-0.2, 0) is 6.18 Å². The van der Waals surface area contributed by atoms with E-state index in [-0.39, 0.29) is 11.3 Å². The summed E-state index contributed by atoms with van der Waals surface area (Å²) in [5.41, 5.74) is 4.92. The summed E-state index contributed by atoms with van der Waals surface area (Å²) in [6.07, 6.45) is -3.49. The molecular weight excluding hydrogens is 237 g/mol. The van der Waals surface area contributed by atoms with Crippen LogP contribution in [-0.4, -0.2) is 16.3 Å². The summed E-state index contributed by atoms with van der Waals surface area (Å²) in [6.45, 7) is 3.76. The second-order valence-electron chi connectivity index (χ2n) is 3.56. The molecule has 0 fully saturated rings. The van der Waals surface area contributed by atoms with Gasteiger partial charge < -0.3 is 5.73 Å². The molecular formula is C10H13F3N2S. The average molecular weight is 250 g/mol. The van der Waals surface area contributed by atoms with Gasteiger partial charge in [-0.25, -0.2) is 4.98 Å². The highest BCUT2D eigenvalue weighted by Gasteiger charge is 2.30. The molecule has 1 rings (SSSR count). The zero-order valence-electron chi connectivity index (χ0n) is 8.95. The summed E-state index contributed by atoms with van der Waals surface area (Å²) in [4.78, 5) is 3.75. The van der Waals surface area contributed by atoms with Crippen LogP contribution in [0.15, 0.2) is 23.4 Å². The van der Waals surface area contributed by atoms with E-state index in [4.69, 9.17) is 5.73 Å². The van der Waals surface area contributed by atoms with E-state index in [0.717, 1.165) is 12.3 Å². The highest BCUT2D eigenvalue weighted by molar-refractivity contribution is 7.99. The first-order chi connectivity index (χ1) is 7.30. The fourth-order valence-electron chi connectivity index (χ4n) is 0.915. The van der Waals surface area contributed by atoms with Crippen LogP contribution >= 0.6 is 11.8 Å².